The molecule has 154 valence electrons. The second kappa shape index (κ2) is 7.37. The van der Waals surface area contributed by atoms with Gasteiger partial charge in [0.1, 0.15) is 11.3 Å². The fraction of sp³-hybridized carbons (Fsp3) is 0.250. The highest BCUT2D eigenvalue weighted by molar-refractivity contribution is 5.95. The number of carbonyl (C=O) groups is 2. The maximum atomic E-state index is 12.5. The lowest BCUT2D eigenvalue weighted by atomic mass is 9.83. The van der Waals surface area contributed by atoms with Crippen molar-refractivity contribution in [2.45, 2.75) is 25.7 Å². The Labute approximate surface area is 174 Å². The molecule has 1 aromatic heterocycles. The molecule has 0 saturated heterocycles. The normalized spacial score (nSPS) is 16.1. The smallest absolute Gasteiger partial charge is 0.310 e. The SMILES string of the molecule is CN1C(=CC(=O)COC(=O)Cc2coc3cc(O)ccc23)C(C)(C)c2ccccc21. The topological polar surface area (TPSA) is 80.0 Å². The first kappa shape index (κ1) is 19.8. The quantitative estimate of drug-likeness (QED) is 0.508. The van der Waals surface area contributed by atoms with E-state index in [9.17, 15) is 14.7 Å². The van der Waals surface area contributed by atoms with Crippen molar-refractivity contribution in [3.8, 4) is 5.75 Å². The monoisotopic (exact) mass is 405 g/mol. The number of anilines is 1. The molecule has 0 radical (unpaired) electrons. The van der Waals surface area contributed by atoms with E-state index in [0.29, 0.717) is 11.1 Å². The molecule has 2 aromatic carbocycles. The van der Waals surface area contributed by atoms with E-state index in [4.69, 9.17) is 9.15 Å². The summed E-state index contributed by atoms with van der Waals surface area (Å²) < 4.78 is 10.6. The van der Waals surface area contributed by atoms with Crippen LogP contribution in [0.3, 0.4) is 0 Å². The van der Waals surface area contributed by atoms with Crippen molar-refractivity contribution in [3.05, 3.63) is 71.6 Å². The van der Waals surface area contributed by atoms with E-state index < -0.39 is 5.97 Å². The van der Waals surface area contributed by atoms with Crippen LogP contribution in [0.1, 0.15) is 25.0 Å². The molecule has 1 N–H and O–H groups in total. The number of hydrogen-bond donors (Lipinski definition) is 1. The third-order valence-corrected chi connectivity index (χ3v) is 5.59. The predicted molar refractivity (Wildman–Crippen MR) is 114 cm³/mol. The number of phenolic OH excluding ortho intramolecular Hbond substituents is 1. The van der Waals surface area contributed by atoms with E-state index in [1.165, 1.54) is 18.4 Å². The number of para-hydroxylation sites is 1. The fourth-order valence-electron chi connectivity index (χ4n) is 4.02. The van der Waals surface area contributed by atoms with Gasteiger partial charge in [0, 0.05) is 46.9 Å². The highest BCUT2D eigenvalue weighted by Gasteiger charge is 2.38. The number of furan rings is 1. The summed E-state index contributed by atoms with van der Waals surface area (Å²) in [6.45, 7) is 3.82. The molecule has 1 aliphatic heterocycles. The highest BCUT2D eigenvalue weighted by Crippen LogP contribution is 2.46. The molecule has 0 bridgehead atoms. The summed E-state index contributed by atoms with van der Waals surface area (Å²) in [4.78, 5) is 26.8. The Morgan fingerprint density at radius 3 is 2.73 bits per heavy atom. The third kappa shape index (κ3) is 3.45. The molecular weight excluding hydrogens is 382 g/mol. The summed E-state index contributed by atoms with van der Waals surface area (Å²) in [6, 6.07) is 12.7. The number of fused-ring (bicyclic) bond motifs is 2. The Balaban J connectivity index is 1.42. The first-order valence-electron chi connectivity index (χ1n) is 9.70. The van der Waals surface area contributed by atoms with E-state index >= 15 is 0 Å². The summed E-state index contributed by atoms with van der Waals surface area (Å²) in [5.41, 5.74) is 3.91. The molecular formula is C24H23NO5. The second-order valence-electron chi connectivity index (χ2n) is 7.98. The van der Waals surface area contributed by atoms with E-state index in [1.807, 2.05) is 30.1 Å². The lowest BCUT2D eigenvalue weighted by Crippen LogP contribution is -2.25. The Bertz CT molecular complexity index is 1170. The minimum absolute atomic E-state index is 0.0154. The largest absolute Gasteiger partial charge is 0.508 e. The third-order valence-electron chi connectivity index (χ3n) is 5.59. The van der Waals surface area contributed by atoms with Gasteiger partial charge in [-0.15, -0.1) is 0 Å². The number of nitrogens with zero attached hydrogens (tertiary/aromatic N) is 1. The highest BCUT2D eigenvalue weighted by atomic mass is 16.5. The van der Waals surface area contributed by atoms with Gasteiger partial charge in [-0.05, 0) is 23.8 Å². The number of carbonyl (C=O) groups excluding carboxylic acids is 2. The van der Waals surface area contributed by atoms with Crippen LogP contribution in [0.5, 0.6) is 5.75 Å². The first-order chi connectivity index (χ1) is 14.3. The maximum Gasteiger partial charge on any atom is 0.310 e. The van der Waals surface area contributed by atoms with Gasteiger partial charge in [-0.25, -0.2) is 0 Å². The van der Waals surface area contributed by atoms with E-state index in [2.05, 4.69) is 19.9 Å². The zero-order valence-corrected chi connectivity index (χ0v) is 17.1. The van der Waals surface area contributed by atoms with Gasteiger partial charge in [0.25, 0.3) is 0 Å². The van der Waals surface area contributed by atoms with Crippen molar-refractivity contribution >= 4 is 28.4 Å². The Hall–Kier alpha value is -3.54. The fourth-order valence-corrected chi connectivity index (χ4v) is 4.02. The Kier molecular flexibility index (Phi) is 4.86. The summed E-state index contributed by atoms with van der Waals surface area (Å²) in [6.07, 6.45) is 3.00. The van der Waals surface area contributed by atoms with Crippen LogP contribution in [0.2, 0.25) is 0 Å². The van der Waals surface area contributed by atoms with Gasteiger partial charge in [-0.1, -0.05) is 32.0 Å². The van der Waals surface area contributed by atoms with Gasteiger partial charge in [0.05, 0.1) is 12.7 Å². The molecule has 3 aromatic rings. The Morgan fingerprint density at radius 1 is 1.20 bits per heavy atom. The number of rotatable bonds is 5. The number of aromatic hydroxyl groups is 1. The summed E-state index contributed by atoms with van der Waals surface area (Å²) in [7, 11) is 1.93. The van der Waals surface area contributed by atoms with Crippen LogP contribution in [-0.2, 0) is 26.2 Å². The van der Waals surface area contributed by atoms with Crippen LogP contribution >= 0.6 is 0 Å². The molecule has 0 saturated carbocycles. The van der Waals surface area contributed by atoms with Crippen LogP contribution in [0.4, 0.5) is 5.69 Å². The van der Waals surface area contributed by atoms with E-state index in [1.54, 1.807) is 12.1 Å². The zero-order chi connectivity index (χ0) is 21.5. The van der Waals surface area contributed by atoms with Crippen LogP contribution in [0.15, 0.2) is 64.9 Å². The molecule has 0 amide bonds. The zero-order valence-electron chi connectivity index (χ0n) is 17.1. The van der Waals surface area contributed by atoms with Crippen molar-refractivity contribution in [2.75, 3.05) is 18.6 Å². The minimum Gasteiger partial charge on any atom is -0.508 e. The molecule has 6 nitrogen and oxygen atoms in total. The molecule has 6 heteroatoms. The molecule has 0 aliphatic carbocycles. The molecule has 0 fully saturated rings. The summed E-state index contributed by atoms with van der Waals surface area (Å²) >= 11 is 0. The molecule has 1 aliphatic rings. The minimum atomic E-state index is -0.514. The van der Waals surface area contributed by atoms with Crippen molar-refractivity contribution < 1.29 is 23.8 Å². The second-order valence-corrected chi connectivity index (χ2v) is 7.98. The van der Waals surface area contributed by atoms with Crippen LogP contribution in [0, 0.1) is 0 Å². The molecule has 4 rings (SSSR count). The lowest BCUT2D eigenvalue weighted by molar-refractivity contribution is -0.146. The number of likely N-dealkylation sites (N-methyl/N-ethyl adjacent to an activating group) is 1. The summed E-state index contributed by atoms with van der Waals surface area (Å²) in [5, 5.41) is 10.2. The number of phenols is 1. The van der Waals surface area contributed by atoms with Crippen molar-refractivity contribution in [1.29, 1.82) is 0 Å². The van der Waals surface area contributed by atoms with Crippen molar-refractivity contribution in [3.63, 3.8) is 0 Å². The van der Waals surface area contributed by atoms with Gasteiger partial charge in [0.15, 0.2) is 12.4 Å². The standard InChI is InChI=1S/C24H23NO5/c1-24(2)19-6-4-5-7-20(19)25(3)22(24)12-17(27)14-30-23(28)10-15-13-29-21-11-16(26)8-9-18(15)21/h4-9,11-13,26H,10,14H2,1-3H3. The number of ether oxygens (including phenoxy) is 1. The van der Waals surface area contributed by atoms with E-state index in [0.717, 1.165) is 22.3 Å². The van der Waals surface area contributed by atoms with Crippen LogP contribution in [-0.4, -0.2) is 30.5 Å². The average molecular weight is 405 g/mol. The van der Waals surface area contributed by atoms with Crippen molar-refractivity contribution in [1.82, 2.24) is 0 Å². The van der Waals surface area contributed by atoms with Gasteiger partial charge >= 0.3 is 5.97 Å². The number of benzene rings is 2. The van der Waals surface area contributed by atoms with E-state index in [-0.39, 0.29) is 30.0 Å². The molecule has 0 unspecified atom stereocenters. The Morgan fingerprint density at radius 2 is 1.97 bits per heavy atom. The summed E-state index contributed by atoms with van der Waals surface area (Å²) in [5.74, 6) is -0.695. The van der Waals surface area contributed by atoms with Gasteiger partial charge in [0.2, 0.25) is 0 Å². The molecule has 0 atom stereocenters. The lowest BCUT2D eigenvalue weighted by Gasteiger charge is -2.23. The maximum absolute atomic E-state index is 12.5. The number of hydrogen-bond acceptors (Lipinski definition) is 6. The van der Waals surface area contributed by atoms with Gasteiger partial charge in [-0.3, -0.25) is 9.59 Å². The first-order valence-corrected chi connectivity index (χ1v) is 9.70. The van der Waals surface area contributed by atoms with Crippen LogP contribution in [0.25, 0.3) is 11.0 Å². The number of esters is 1. The number of allylic oxidation sites excluding steroid dienone is 1. The van der Waals surface area contributed by atoms with Gasteiger partial charge < -0.3 is 19.2 Å². The molecule has 2 heterocycles. The molecule has 30 heavy (non-hydrogen) atoms. The number of ketones is 1. The average Bonchev–Trinajstić information content (AvgIpc) is 3.18. The predicted octanol–water partition coefficient (Wildman–Crippen LogP) is 4.10. The molecule has 0 spiro atoms. The van der Waals surface area contributed by atoms with Crippen molar-refractivity contribution in [2.24, 2.45) is 0 Å². The van der Waals surface area contributed by atoms with Crippen LogP contribution < -0.4 is 4.90 Å². The van der Waals surface area contributed by atoms with Gasteiger partial charge in [-0.2, -0.15) is 0 Å².